The largest absolute Gasteiger partial charge is 0.496 e. The van der Waals surface area contributed by atoms with Crippen molar-refractivity contribution in [3.63, 3.8) is 0 Å². The second-order valence-corrected chi connectivity index (χ2v) is 6.69. The lowest BCUT2D eigenvalue weighted by Gasteiger charge is -2.11. The molecule has 4 atom stereocenters. The molecule has 2 bridgehead atoms. The molecule has 5 nitrogen and oxygen atoms in total. The zero-order valence-corrected chi connectivity index (χ0v) is 12.1. The first kappa shape index (κ1) is 13.1. The smallest absolute Gasteiger partial charge is 0.273 e. The predicted octanol–water partition coefficient (Wildman–Crippen LogP) is 2.74. The summed E-state index contributed by atoms with van der Waals surface area (Å²) in [6.07, 6.45) is 4.27. The molecule has 3 saturated carbocycles. The lowest BCUT2D eigenvalue weighted by molar-refractivity contribution is -0.385. The molecule has 112 valence electrons. The van der Waals surface area contributed by atoms with Crippen LogP contribution in [-0.4, -0.2) is 18.1 Å². The first-order valence-corrected chi connectivity index (χ1v) is 7.73. The standard InChI is InChI=1S/C16H20N2O3/c1-21-13-5-9(4-12(7-13)18(19)20)8-17-16-14-10-2-3-11(6-10)15(14)16/h4-5,7,10-11,14-17H,2-3,6,8H2,1H3. The van der Waals surface area contributed by atoms with Crippen molar-refractivity contribution in [1.29, 1.82) is 0 Å². The number of nitrogens with zero attached hydrogens (tertiary/aromatic N) is 1. The van der Waals surface area contributed by atoms with Gasteiger partial charge in [0.25, 0.3) is 5.69 Å². The van der Waals surface area contributed by atoms with Gasteiger partial charge in [0.05, 0.1) is 18.1 Å². The van der Waals surface area contributed by atoms with E-state index in [9.17, 15) is 10.1 Å². The van der Waals surface area contributed by atoms with Gasteiger partial charge in [0.1, 0.15) is 5.75 Å². The normalized spacial score (nSPS) is 35.6. The maximum Gasteiger partial charge on any atom is 0.273 e. The molecule has 1 aromatic rings. The molecule has 3 aliphatic carbocycles. The first-order chi connectivity index (χ1) is 10.2. The maximum absolute atomic E-state index is 11.0. The molecule has 4 rings (SSSR count). The Hall–Kier alpha value is -1.62. The molecule has 4 unspecified atom stereocenters. The number of hydrogen-bond donors (Lipinski definition) is 1. The minimum atomic E-state index is -0.363. The Balaban J connectivity index is 1.43. The van der Waals surface area contributed by atoms with Gasteiger partial charge in [0, 0.05) is 18.7 Å². The van der Waals surface area contributed by atoms with Gasteiger partial charge < -0.3 is 10.1 Å². The van der Waals surface area contributed by atoms with Gasteiger partial charge in [0.2, 0.25) is 0 Å². The summed E-state index contributed by atoms with van der Waals surface area (Å²) in [6, 6.07) is 5.63. The number of benzene rings is 1. The second-order valence-electron chi connectivity index (χ2n) is 6.69. The summed E-state index contributed by atoms with van der Waals surface area (Å²) < 4.78 is 5.15. The number of methoxy groups -OCH3 is 1. The van der Waals surface area contributed by atoms with Crippen LogP contribution in [0.4, 0.5) is 5.69 Å². The number of hydrogen-bond acceptors (Lipinski definition) is 4. The fourth-order valence-electron chi connectivity index (χ4n) is 4.80. The zero-order valence-electron chi connectivity index (χ0n) is 12.1. The van der Waals surface area contributed by atoms with Crippen molar-refractivity contribution in [3.8, 4) is 5.75 Å². The van der Waals surface area contributed by atoms with Gasteiger partial charge in [0.15, 0.2) is 0 Å². The highest BCUT2D eigenvalue weighted by molar-refractivity contribution is 5.42. The number of ether oxygens (including phenoxy) is 1. The molecular formula is C16H20N2O3. The zero-order chi connectivity index (χ0) is 14.6. The summed E-state index contributed by atoms with van der Waals surface area (Å²) in [6.45, 7) is 0.690. The van der Waals surface area contributed by atoms with Crippen molar-refractivity contribution >= 4 is 5.69 Å². The summed E-state index contributed by atoms with van der Waals surface area (Å²) >= 11 is 0. The number of nitro benzene ring substituents is 1. The van der Waals surface area contributed by atoms with Crippen molar-refractivity contribution in [2.45, 2.75) is 31.8 Å². The average Bonchev–Trinajstić information content (AvgIpc) is 2.87. The second kappa shape index (κ2) is 4.70. The van der Waals surface area contributed by atoms with E-state index in [1.54, 1.807) is 13.2 Å². The Labute approximate surface area is 123 Å². The first-order valence-electron chi connectivity index (χ1n) is 7.73. The van der Waals surface area contributed by atoms with Gasteiger partial charge in [-0.25, -0.2) is 0 Å². The van der Waals surface area contributed by atoms with E-state index in [0.29, 0.717) is 18.3 Å². The van der Waals surface area contributed by atoms with Crippen molar-refractivity contribution in [3.05, 3.63) is 33.9 Å². The van der Waals surface area contributed by atoms with E-state index in [2.05, 4.69) is 5.32 Å². The third kappa shape index (κ3) is 2.11. The summed E-state index contributed by atoms with van der Waals surface area (Å²) in [7, 11) is 1.54. The minimum Gasteiger partial charge on any atom is -0.496 e. The van der Waals surface area contributed by atoms with Crippen molar-refractivity contribution in [2.75, 3.05) is 7.11 Å². The number of nitro groups is 1. The molecule has 1 aromatic carbocycles. The van der Waals surface area contributed by atoms with E-state index in [-0.39, 0.29) is 10.6 Å². The Morgan fingerprint density at radius 2 is 2.00 bits per heavy atom. The van der Waals surface area contributed by atoms with Crippen LogP contribution in [0, 0.1) is 33.8 Å². The van der Waals surface area contributed by atoms with Crippen LogP contribution in [0.3, 0.4) is 0 Å². The number of nitrogens with one attached hydrogen (secondary N) is 1. The highest BCUT2D eigenvalue weighted by Crippen LogP contribution is 2.65. The lowest BCUT2D eigenvalue weighted by atomic mass is 10.0. The molecule has 3 fully saturated rings. The molecule has 5 heteroatoms. The van der Waals surface area contributed by atoms with Gasteiger partial charge in [-0.3, -0.25) is 10.1 Å². The van der Waals surface area contributed by atoms with E-state index in [1.807, 2.05) is 6.07 Å². The van der Waals surface area contributed by atoms with Crippen LogP contribution < -0.4 is 10.1 Å². The van der Waals surface area contributed by atoms with E-state index < -0.39 is 0 Å². The summed E-state index contributed by atoms with van der Waals surface area (Å²) in [4.78, 5) is 10.6. The Morgan fingerprint density at radius 1 is 1.29 bits per heavy atom. The molecule has 0 aromatic heterocycles. The third-order valence-electron chi connectivity index (χ3n) is 5.67. The summed E-state index contributed by atoms with van der Waals surface area (Å²) in [5, 5.41) is 14.6. The Bertz CT molecular complexity index is 573. The number of fused-ring (bicyclic) bond motifs is 5. The summed E-state index contributed by atoms with van der Waals surface area (Å²) in [5.41, 5.74) is 1.03. The molecule has 21 heavy (non-hydrogen) atoms. The SMILES string of the molecule is COc1cc(CNC2C3C4CCC(C4)C23)cc([N+](=O)[O-])c1. The minimum absolute atomic E-state index is 0.0993. The van der Waals surface area contributed by atoms with Crippen LogP contribution >= 0.6 is 0 Å². The van der Waals surface area contributed by atoms with E-state index in [1.165, 1.54) is 25.3 Å². The van der Waals surface area contributed by atoms with Gasteiger partial charge in [-0.15, -0.1) is 0 Å². The van der Waals surface area contributed by atoms with Crippen LogP contribution in [0.1, 0.15) is 24.8 Å². The van der Waals surface area contributed by atoms with Gasteiger partial charge >= 0.3 is 0 Å². The quantitative estimate of drug-likeness (QED) is 0.668. The fourth-order valence-corrected chi connectivity index (χ4v) is 4.80. The van der Waals surface area contributed by atoms with Crippen LogP contribution in [0.25, 0.3) is 0 Å². The molecular weight excluding hydrogens is 268 g/mol. The van der Waals surface area contributed by atoms with E-state index in [0.717, 1.165) is 29.2 Å². The van der Waals surface area contributed by atoms with Gasteiger partial charge in [-0.1, -0.05) is 0 Å². The maximum atomic E-state index is 11.0. The molecule has 0 amide bonds. The third-order valence-corrected chi connectivity index (χ3v) is 5.67. The monoisotopic (exact) mass is 288 g/mol. The van der Waals surface area contributed by atoms with Crippen molar-refractivity contribution in [2.24, 2.45) is 23.7 Å². The number of non-ortho nitro benzene ring substituents is 1. The van der Waals surface area contributed by atoms with Crippen molar-refractivity contribution < 1.29 is 9.66 Å². The summed E-state index contributed by atoms with van der Waals surface area (Å²) in [5.74, 6) is 4.19. The predicted molar refractivity (Wildman–Crippen MR) is 78.1 cm³/mol. The average molecular weight is 288 g/mol. The van der Waals surface area contributed by atoms with E-state index >= 15 is 0 Å². The van der Waals surface area contributed by atoms with Crippen LogP contribution in [0.15, 0.2) is 18.2 Å². The highest BCUT2D eigenvalue weighted by atomic mass is 16.6. The molecule has 0 spiro atoms. The van der Waals surface area contributed by atoms with Crippen LogP contribution in [0.2, 0.25) is 0 Å². The molecule has 1 N–H and O–H groups in total. The topological polar surface area (TPSA) is 64.4 Å². The van der Waals surface area contributed by atoms with Crippen LogP contribution in [-0.2, 0) is 6.54 Å². The lowest BCUT2D eigenvalue weighted by Crippen LogP contribution is -2.22. The molecule has 0 aliphatic heterocycles. The van der Waals surface area contributed by atoms with Gasteiger partial charge in [-0.2, -0.15) is 0 Å². The number of rotatable bonds is 5. The Morgan fingerprint density at radius 3 is 2.62 bits per heavy atom. The molecule has 3 aliphatic rings. The molecule has 0 saturated heterocycles. The molecule has 0 radical (unpaired) electrons. The van der Waals surface area contributed by atoms with Crippen LogP contribution in [0.5, 0.6) is 5.75 Å². The Kier molecular flexibility index (Phi) is 2.92. The van der Waals surface area contributed by atoms with E-state index in [4.69, 9.17) is 4.74 Å². The molecule has 0 heterocycles. The fraction of sp³-hybridized carbons (Fsp3) is 0.625. The van der Waals surface area contributed by atoms with Crippen molar-refractivity contribution in [1.82, 2.24) is 5.32 Å². The van der Waals surface area contributed by atoms with Gasteiger partial charge in [-0.05, 0) is 54.6 Å². The highest BCUT2D eigenvalue weighted by Gasteiger charge is 2.64.